The van der Waals surface area contributed by atoms with E-state index < -0.39 is 11.7 Å². The Kier molecular flexibility index (Phi) is 9.48. The van der Waals surface area contributed by atoms with Crippen LogP contribution in [0, 0.1) is 5.92 Å². The Bertz CT molecular complexity index is 664. The summed E-state index contributed by atoms with van der Waals surface area (Å²) in [4.78, 5) is 35.7. The van der Waals surface area contributed by atoms with Crippen molar-refractivity contribution in [3.05, 3.63) is 29.8 Å². The molecule has 0 saturated carbocycles. The molecule has 1 rings (SSSR count). The van der Waals surface area contributed by atoms with Crippen molar-refractivity contribution in [1.29, 1.82) is 0 Å². The van der Waals surface area contributed by atoms with Crippen LogP contribution in [0.3, 0.4) is 0 Å². The molecule has 3 amide bonds. The molecule has 0 spiro atoms. The Labute approximate surface area is 167 Å². The highest BCUT2D eigenvalue weighted by Gasteiger charge is 2.16. The van der Waals surface area contributed by atoms with E-state index in [4.69, 9.17) is 4.74 Å². The molecule has 0 aliphatic carbocycles. The highest BCUT2D eigenvalue weighted by Crippen LogP contribution is 2.15. The zero-order chi connectivity index (χ0) is 21.2. The van der Waals surface area contributed by atoms with Crippen LogP contribution in [0.5, 0.6) is 0 Å². The third-order valence-electron chi connectivity index (χ3n) is 4.06. The molecule has 0 radical (unpaired) electrons. The maximum Gasteiger partial charge on any atom is 0.407 e. The molecule has 0 atom stereocenters. The van der Waals surface area contributed by atoms with E-state index in [1.54, 1.807) is 20.8 Å². The molecule has 0 saturated heterocycles. The Morgan fingerprint density at radius 1 is 1.07 bits per heavy atom. The lowest BCUT2D eigenvalue weighted by atomic mass is 10.0. The number of carbonyl (C=O) groups is 3. The topological polar surface area (TPSA) is 96.5 Å². The van der Waals surface area contributed by atoms with Crippen molar-refractivity contribution >= 4 is 23.6 Å². The first-order valence-electron chi connectivity index (χ1n) is 9.78. The van der Waals surface area contributed by atoms with Gasteiger partial charge in [-0.15, -0.1) is 0 Å². The van der Waals surface area contributed by atoms with Gasteiger partial charge >= 0.3 is 6.09 Å². The average Bonchev–Trinajstić information content (AvgIpc) is 2.60. The average molecular weight is 392 g/mol. The molecule has 1 aromatic carbocycles. The minimum atomic E-state index is -0.568. The number of hydrogen-bond acceptors (Lipinski definition) is 4. The molecule has 7 heteroatoms. The van der Waals surface area contributed by atoms with E-state index in [0.717, 1.165) is 24.1 Å². The Morgan fingerprint density at radius 2 is 1.75 bits per heavy atom. The molecule has 0 aliphatic heterocycles. The van der Waals surface area contributed by atoms with Gasteiger partial charge in [0, 0.05) is 31.1 Å². The summed E-state index contributed by atoms with van der Waals surface area (Å²) >= 11 is 0. The first-order valence-corrected chi connectivity index (χ1v) is 9.78. The fraction of sp³-hybridized carbons (Fsp3) is 0.571. The van der Waals surface area contributed by atoms with Crippen LogP contribution in [0.15, 0.2) is 24.3 Å². The van der Waals surface area contributed by atoms with E-state index in [1.165, 1.54) is 0 Å². The first kappa shape index (κ1) is 23.5. The van der Waals surface area contributed by atoms with Crippen LogP contribution in [0.1, 0.15) is 59.4 Å². The summed E-state index contributed by atoms with van der Waals surface area (Å²) in [5.74, 6) is -0.164. The molecular weight excluding hydrogens is 358 g/mol. The van der Waals surface area contributed by atoms with Crippen molar-refractivity contribution in [2.75, 3.05) is 11.9 Å². The second kappa shape index (κ2) is 11.3. The molecule has 0 fully saturated rings. The van der Waals surface area contributed by atoms with Gasteiger partial charge in [0.15, 0.2) is 0 Å². The Hall–Kier alpha value is -2.57. The van der Waals surface area contributed by atoms with E-state index >= 15 is 0 Å². The number of nitrogens with one attached hydrogen (secondary N) is 3. The molecule has 7 nitrogen and oxygen atoms in total. The van der Waals surface area contributed by atoms with Gasteiger partial charge in [0.2, 0.25) is 11.8 Å². The molecule has 156 valence electrons. The van der Waals surface area contributed by atoms with Gasteiger partial charge < -0.3 is 20.7 Å². The van der Waals surface area contributed by atoms with Gasteiger partial charge in [0.1, 0.15) is 5.60 Å². The first-order chi connectivity index (χ1) is 13.1. The van der Waals surface area contributed by atoms with Crippen LogP contribution in [0.4, 0.5) is 10.5 Å². The van der Waals surface area contributed by atoms with Crippen LogP contribution >= 0.6 is 0 Å². The van der Waals surface area contributed by atoms with Crippen molar-refractivity contribution in [3.8, 4) is 0 Å². The van der Waals surface area contributed by atoms with Crippen LogP contribution < -0.4 is 16.0 Å². The number of ether oxygens (including phenoxy) is 1. The molecule has 0 heterocycles. The summed E-state index contributed by atoms with van der Waals surface area (Å²) in [6, 6.07) is 7.40. The van der Waals surface area contributed by atoms with Gasteiger partial charge in [0.25, 0.3) is 0 Å². The maximum atomic E-state index is 12.2. The van der Waals surface area contributed by atoms with Crippen LogP contribution in [-0.4, -0.2) is 30.1 Å². The fourth-order valence-electron chi connectivity index (χ4n) is 2.54. The molecule has 1 aromatic rings. The van der Waals surface area contributed by atoms with E-state index in [1.807, 2.05) is 38.1 Å². The third kappa shape index (κ3) is 9.39. The van der Waals surface area contributed by atoms with Crippen molar-refractivity contribution in [2.45, 2.75) is 66.0 Å². The molecule has 0 aliphatic rings. The number of amides is 3. The number of anilines is 1. The zero-order valence-electron chi connectivity index (χ0n) is 17.6. The number of benzene rings is 1. The SMILES string of the molecule is CCC(CC)C(=O)Nc1cccc(CNC(=O)CCNC(=O)OC(C)(C)C)c1. The van der Waals surface area contributed by atoms with Gasteiger partial charge in [0.05, 0.1) is 0 Å². The van der Waals surface area contributed by atoms with Crippen LogP contribution in [0.2, 0.25) is 0 Å². The highest BCUT2D eigenvalue weighted by molar-refractivity contribution is 5.92. The summed E-state index contributed by atoms with van der Waals surface area (Å²) in [5, 5.41) is 8.28. The molecular formula is C21H33N3O4. The second-order valence-corrected chi connectivity index (χ2v) is 7.66. The van der Waals surface area contributed by atoms with Crippen molar-refractivity contribution in [2.24, 2.45) is 5.92 Å². The van der Waals surface area contributed by atoms with E-state index in [9.17, 15) is 14.4 Å². The Balaban J connectivity index is 2.41. The van der Waals surface area contributed by atoms with E-state index in [-0.39, 0.29) is 30.7 Å². The third-order valence-corrected chi connectivity index (χ3v) is 4.06. The van der Waals surface area contributed by atoms with E-state index in [2.05, 4.69) is 16.0 Å². The molecule has 0 unspecified atom stereocenters. The zero-order valence-corrected chi connectivity index (χ0v) is 17.6. The van der Waals surface area contributed by atoms with Gasteiger partial charge in [-0.05, 0) is 51.3 Å². The smallest absolute Gasteiger partial charge is 0.407 e. The second-order valence-electron chi connectivity index (χ2n) is 7.66. The quantitative estimate of drug-likeness (QED) is 0.599. The summed E-state index contributed by atoms with van der Waals surface area (Å²) < 4.78 is 5.11. The molecule has 0 bridgehead atoms. The Morgan fingerprint density at radius 3 is 2.36 bits per heavy atom. The van der Waals surface area contributed by atoms with Gasteiger partial charge in [-0.3, -0.25) is 9.59 Å². The minimum absolute atomic E-state index is 0.000771. The minimum Gasteiger partial charge on any atom is -0.444 e. The maximum absolute atomic E-state index is 12.2. The summed E-state index contributed by atoms with van der Waals surface area (Å²) in [6.07, 6.45) is 1.22. The predicted octanol–water partition coefficient (Wildman–Crippen LogP) is 3.59. The number of alkyl carbamates (subject to hydrolysis) is 1. The summed E-state index contributed by atoms with van der Waals surface area (Å²) in [7, 11) is 0. The standard InChI is InChI=1S/C21H33N3O4/c1-6-16(7-2)19(26)24-17-10-8-9-15(13-17)14-23-18(25)11-12-22-20(27)28-21(3,4)5/h8-10,13,16H,6-7,11-12,14H2,1-5H3,(H,22,27)(H,23,25)(H,24,26). The van der Waals surface area contributed by atoms with Crippen LogP contribution in [-0.2, 0) is 20.9 Å². The molecule has 3 N–H and O–H groups in total. The molecule has 0 aromatic heterocycles. The number of rotatable bonds is 9. The van der Waals surface area contributed by atoms with Crippen molar-refractivity contribution < 1.29 is 19.1 Å². The summed E-state index contributed by atoms with van der Waals surface area (Å²) in [5.41, 5.74) is 1.03. The van der Waals surface area contributed by atoms with Gasteiger partial charge in [-0.1, -0.05) is 26.0 Å². The van der Waals surface area contributed by atoms with Crippen molar-refractivity contribution in [1.82, 2.24) is 10.6 Å². The molecule has 28 heavy (non-hydrogen) atoms. The summed E-state index contributed by atoms with van der Waals surface area (Å²) in [6.45, 7) is 9.88. The number of hydrogen-bond donors (Lipinski definition) is 3. The lowest BCUT2D eigenvalue weighted by Gasteiger charge is -2.19. The monoisotopic (exact) mass is 391 g/mol. The fourth-order valence-corrected chi connectivity index (χ4v) is 2.54. The number of carbonyl (C=O) groups excluding carboxylic acids is 3. The highest BCUT2D eigenvalue weighted by atomic mass is 16.6. The predicted molar refractivity (Wildman–Crippen MR) is 110 cm³/mol. The lowest BCUT2D eigenvalue weighted by Crippen LogP contribution is -2.35. The van der Waals surface area contributed by atoms with Crippen molar-refractivity contribution in [3.63, 3.8) is 0 Å². The van der Waals surface area contributed by atoms with E-state index in [0.29, 0.717) is 6.54 Å². The lowest BCUT2D eigenvalue weighted by molar-refractivity contribution is -0.121. The van der Waals surface area contributed by atoms with Gasteiger partial charge in [-0.2, -0.15) is 0 Å². The largest absolute Gasteiger partial charge is 0.444 e. The van der Waals surface area contributed by atoms with Crippen LogP contribution in [0.25, 0.3) is 0 Å². The normalized spacial score (nSPS) is 11.1. The van der Waals surface area contributed by atoms with Gasteiger partial charge in [-0.25, -0.2) is 4.79 Å².